The second-order valence-electron chi connectivity index (χ2n) is 5.11. The van der Waals surface area contributed by atoms with E-state index in [9.17, 15) is 4.21 Å². The quantitative estimate of drug-likeness (QED) is 0.914. The molecule has 0 fully saturated rings. The van der Waals surface area contributed by atoms with Crippen molar-refractivity contribution >= 4 is 26.9 Å². The highest BCUT2D eigenvalue weighted by atomic mass is 79.9. The van der Waals surface area contributed by atoms with Gasteiger partial charge < -0.3 is 4.74 Å². The van der Waals surface area contributed by atoms with E-state index < -0.39 is 11.0 Å². The molecule has 0 heterocycles. The zero-order chi connectivity index (χ0) is 13.9. The van der Waals surface area contributed by atoms with Crippen LogP contribution >= 0.6 is 15.9 Å². The summed E-state index contributed by atoms with van der Waals surface area (Å²) in [5.41, 5.74) is 0.990. The maximum Gasteiger partial charge on any atom is 0.123 e. The minimum atomic E-state index is -1.11. The summed E-state index contributed by atoms with van der Waals surface area (Å²) < 4.78 is 21.2. The van der Waals surface area contributed by atoms with E-state index in [2.05, 4.69) is 20.7 Å². The fourth-order valence-corrected chi connectivity index (χ4v) is 2.62. The summed E-state index contributed by atoms with van der Waals surface area (Å²) in [5.74, 6) is 0.795. The normalized spacial score (nSPS) is 15.2. The van der Waals surface area contributed by atoms with Crippen molar-refractivity contribution in [1.29, 1.82) is 0 Å². The van der Waals surface area contributed by atoms with Crippen molar-refractivity contribution in [3.63, 3.8) is 0 Å². The van der Waals surface area contributed by atoms with E-state index in [-0.39, 0.29) is 10.8 Å². The van der Waals surface area contributed by atoms with Gasteiger partial charge in [0.2, 0.25) is 0 Å². The van der Waals surface area contributed by atoms with Crippen molar-refractivity contribution < 1.29 is 8.95 Å². The Balaban J connectivity index is 2.93. The fourth-order valence-electron chi connectivity index (χ4n) is 1.44. The average molecular weight is 334 g/mol. The molecule has 0 saturated heterocycles. The first kappa shape index (κ1) is 15.7. The number of halogens is 1. The number of hydrogen-bond acceptors (Lipinski definition) is 2. The second kappa shape index (κ2) is 6.17. The second-order valence-corrected chi connectivity index (χ2v) is 8.02. The molecule has 18 heavy (non-hydrogen) atoms. The zero-order valence-corrected chi connectivity index (χ0v) is 13.8. The molecule has 1 rings (SSSR count). The molecular formula is C13H20BrNO2S. The SMILES string of the molecule is COc1ccc(Br)cc1[C@@H](C)NS(=O)C(C)(C)C. The minimum absolute atomic E-state index is 0.0440. The molecule has 1 N–H and O–H groups in total. The maximum atomic E-state index is 12.1. The van der Waals surface area contributed by atoms with Crippen molar-refractivity contribution in [2.75, 3.05) is 7.11 Å². The number of ether oxygens (including phenoxy) is 1. The summed E-state index contributed by atoms with van der Waals surface area (Å²) >= 11 is 3.44. The molecule has 0 aromatic heterocycles. The van der Waals surface area contributed by atoms with Gasteiger partial charge in [-0.3, -0.25) is 0 Å². The van der Waals surface area contributed by atoms with Crippen molar-refractivity contribution in [3.8, 4) is 5.75 Å². The van der Waals surface area contributed by atoms with Crippen LogP contribution in [0.2, 0.25) is 0 Å². The molecule has 0 radical (unpaired) electrons. The van der Waals surface area contributed by atoms with Crippen LogP contribution in [0.3, 0.4) is 0 Å². The number of benzene rings is 1. The van der Waals surface area contributed by atoms with Crippen molar-refractivity contribution in [2.45, 2.75) is 38.5 Å². The minimum Gasteiger partial charge on any atom is -0.496 e. The fraction of sp³-hybridized carbons (Fsp3) is 0.538. The highest BCUT2D eigenvalue weighted by Gasteiger charge is 2.23. The third kappa shape index (κ3) is 4.07. The maximum absolute atomic E-state index is 12.1. The van der Waals surface area contributed by atoms with Gasteiger partial charge in [-0.2, -0.15) is 0 Å². The van der Waals surface area contributed by atoms with Crippen LogP contribution < -0.4 is 9.46 Å². The lowest BCUT2D eigenvalue weighted by atomic mass is 10.1. The van der Waals surface area contributed by atoms with E-state index >= 15 is 0 Å². The van der Waals surface area contributed by atoms with E-state index in [1.807, 2.05) is 45.9 Å². The van der Waals surface area contributed by atoms with Crippen LogP contribution in [0.15, 0.2) is 22.7 Å². The molecule has 1 aromatic rings. The van der Waals surface area contributed by atoms with Gasteiger partial charge in [0.1, 0.15) is 5.75 Å². The predicted molar refractivity (Wildman–Crippen MR) is 80.1 cm³/mol. The molecule has 1 aromatic carbocycles. The Morgan fingerprint density at radius 2 is 2.00 bits per heavy atom. The van der Waals surface area contributed by atoms with Crippen LogP contribution in [-0.4, -0.2) is 16.1 Å². The molecule has 5 heteroatoms. The molecule has 3 nitrogen and oxygen atoms in total. The molecule has 0 aliphatic carbocycles. The molecule has 2 atom stereocenters. The third-order valence-electron chi connectivity index (χ3n) is 2.50. The Bertz CT molecular complexity index is 443. The molecule has 1 unspecified atom stereocenters. The molecule has 0 spiro atoms. The summed E-state index contributed by atoms with van der Waals surface area (Å²) in [6.07, 6.45) is 0. The van der Waals surface area contributed by atoms with E-state index in [1.54, 1.807) is 7.11 Å². The van der Waals surface area contributed by atoms with E-state index in [1.165, 1.54) is 0 Å². The predicted octanol–water partition coefficient (Wildman–Crippen LogP) is 3.57. The average Bonchev–Trinajstić information content (AvgIpc) is 2.27. The number of nitrogens with one attached hydrogen (secondary N) is 1. The first-order valence-corrected chi connectivity index (χ1v) is 7.71. The van der Waals surface area contributed by atoms with Gasteiger partial charge in [0.05, 0.1) is 22.8 Å². The first-order chi connectivity index (χ1) is 8.25. The number of methoxy groups -OCH3 is 1. The molecular weight excluding hydrogens is 314 g/mol. The summed E-state index contributed by atoms with van der Waals surface area (Å²) in [5, 5.41) is 0. The van der Waals surface area contributed by atoms with Crippen LogP contribution in [-0.2, 0) is 11.0 Å². The Morgan fingerprint density at radius 3 is 2.50 bits per heavy atom. The van der Waals surface area contributed by atoms with Gasteiger partial charge in [-0.05, 0) is 45.9 Å². The van der Waals surface area contributed by atoms with E-state index in [0.29, 0.717) is 0 Å². The van der Waals surface area contributed by atoms with Crippen LogP contribution in [0, 0.1) is 0 Å². The van der Waals surface area contributed by atoms with Crippen molar-refractivity contribution in [1.82, 2.24) is 4.72 Å². The van der Waals surface area contributed by atoms with Gasteiger partial charge in [0.25, 0.3) is 0 Å². The molecule has 0 aliphatic rings. The lowest BCUT2D eigenvalue weighted by Crippen LogP contribution is -2.34. The Labute approximate surface area is 120 Å². The zero-order valence-electron chi connectivity index (χ0n) is 11.4. The number of rotatable bonds is 4. The first-order valence-electron chi connectivity index (χ1n) is 5.77. The van der Waals surface area contributed by atoms with Gasteiger partial charge >= 0.3 is 0 Å². The van der Waals surface area contributed by atoms with Crippen LogP contribution in [0.5, 0.6) is 5.75 Å². The van der Waals surface area contributed by atoms with Crippen molar-refractivity contribution in [3.05, 3.63) is 28.2 Å². The molecule has 0 aliphatic heterocycles. The van der Waals surface area contributed by atoms with Crippen LogP contribution in [0.1, 0.15) is 39.3 Å². The molecule has 0 bridgehead atoms. The Kier molecular flexibility index (Phi) is 5.37. The standard InChI is InChI=1S/C13H20BrNO2S/c1-9(15-18(16)13(2,3)4)11-8-10(14)6-7-12(11)17-5/h6-9,15H,1-5H3/t9-,18?/m1/s1. The van der Waals surface area contributed by atoms with Gasteiger partial charge in [-0.1, -0.05) is 15.9 Å². The lowest BCUT2D eigenvalue weighted by molar-refractivity contribution is 0.405. The van der Waals surface area contributed by atoms with Gasteiger partial charge in [-0.15, -0.1) is 0 Å². The van der Waals surface area contributed by atoms with Gasteiger partial charge in [0.15, 0.2) is 0 Å². The monoisotopic (exact) mass is 333 g/mol. The smallest absolute Gasteiger partial charge is 0.123 e. The van der Waals surface area contributed by atoms with Gasteiger partial charge in [-0.25, -0.2) is 8.93 Å². The summed E-state index contributed by atoms with van der Waals surface area (Å²) in [7, 11) is 0.533. The Hall–Kier alpha value is -0.390. The van der Waals surface area contributed by atoms with E-state index in [4.69, 9.17) is 4.74 Å². The van der Waals surface area contributed by atoms with Gasteiger partial charge in [0, 0.05) is 16.1 Å². The lowest BCUT2D eigenvalue weighted by Gasteiger charge is -2.23. The largest absolute Gasteiger partial charge is 0.496 e. The highest BCUT2D eigenvalue weighted by molar-refractivity contribution is 9.10. The topological polar surface area (TPSA) is 38.3 Å². The molecule has 0 saturated carbocycles. The third-order valence-corrected chi connectivity index (χ3v) is 4.67. The van der Waals surface area contributed by atoms with Crippen molar-refractivity contribution in [2.24, 2.45) is 0 Å². The summed E-state index contributed by atoms with van der Waals surface area (Å²) in [4.78, 5) is 0. The van der Waals surface area contributed by atoms with Crippen LogP contribution in [0.4, 0.5) is 0 Å². The Morgan fingerprint density at radius 1 is 1.39 bits per heavy atom. The van der Waals surface area contributed by atoms with Crippen LogP contribution in [0.25, 0.3) is 0 Å². The summed E-state index contributed by atoms with van der Waals surface area (Å²) in [6.45, 7) is 7.82. The molecule has 102 valence electrons. The highest BCUT2D eigenvalue weighted by Crippen LogP contribution is 2.29. The van der Waals surface area contributed by atoms with E-state index in [0.717, 1.165) is 15.8 Å². The molecule has 0 amide bonds. The number of hydrogen-bond donors (Lipinski definition) is 1. The summed E-state index contributed by atoms with van der Waals surface area (Å²) in [6, 6.07) is 5.77.